The van der Waals surface area contributed by atoms with Crippen molar-refractivity contribution in [2.24, 2.45) is 0 Å². The van der Waals surface area contributed by atoms with Crippen LogP contribution >= 0.6 is 0 Å². The molecule has 11 nitrogen and oxygen atoms in total. The fourth-order valence-electron chi connectivity index (χ4n) is 5.00. The van der Waals surface area contributed by atoms with Gasteiger partial charge in [0.05, 0.1) is 4.90 Å². The van der Waals surface area contributed by atoms with Gasteiger partial charge >= 0.3 is 12.1 Å². The fourth-order valence-corrected chi connectivity index (χ4v) is 6.65. The Labute approximate surface area is 247 Å². The third-order valence-electron chi connectivity index (χ3n) is 7.18. The van der Waals surface area contributed by atoms with Crippen LogP contribution < -0.4 is 15.0 Å². The summed E-state index contributed by atoms with van der Waals surface area (Å²) in [4.78, 5) is 42.9. The lowest BCUT2D eigenvalue weighted by atomic mass is 10.1. The average molecular weight is 601 g/mol. The van der Waals surface area contributed by atoms with Crippen LogP contribution in [0.3, 0.4) is 0 Å². The number of esters is 1. The molecule has 0 aromatic heterocycles. The number of benzene rings is 2. The van der Waals surface area contributed by atoms with Crippen molar-refractivity contribution in [3.63, 3.8) is 0 Å². The molecule has 2 saturated heterocycles. The Morgan fingerprint density at radius 2 is 1.60 bits per heavy atom. The summed E-state index contributed by atoms with van der Waals surface area (Å²) < 4.78 is 39.5. The molecule has 1 N–H and O–H groups in total. The van der Waals surface area contributed by atoms with Crippen LogP contribution in [0, 0.1) is 6.92 Å². The summed E-state index contributed by atoms with van der Waals surface area (Å²) in [5.41, 5.74) is 0.471. The molecule has 2 amide bonds. The molecule has 2 atom stereocenters. The summed E-state index contributed by atoms with van der Waals surface area (Å²) in [6, 6.07) is 10.7. The molecular formula is C30H40N4O7S. The topological polar surface area (TPSA) is 126 Å². The highest BCUT2D eigenvalue weighted by Crippen LogP contribution is 2.31. The minimum Gasteiger partial charge on any atom is -0.458 e. The maximum Gasteiger partial charge on any atom is 0.415 e. The number of hydrogen-bond acceptors (Lipinski definition) is 8. The standard InChI is InChI=1S/C30H40N4O7S/c1-21-8-14-25(15-9-21)42(38,39)33-18-6-7-26(33)27(35)34(22(2)28(36)41-30(3,4)5)23-10-12-24(13-11-23)40-29(37)32-19-16-31-17-20-32/h8-15,22,26,31H,6-7,16-20H2,1-5H3/t22-,26-/m0/s1. The van der Waals surface area contributed by atoms with E-state index in [0.29, 0.717) is 44.7 Å². The Morgan fingerprint density at radius 1 is 0.976 bits per heavy atom. The van der Waals surface area contributed by atoms with Gasteiger partial charge in [-0.2, -0.15) is 4.31 Å². The van der Waals surface area contributed by atoms with E-state index in [2.05, 4.69) is 5.32 Å². The number of carbonyl (C=O) groups excluding carboxylic acids is 3. The van der Waals surface area contributed by atoms with Crippen LogP contribution in [-0.4, -0.2) is 86.0 Å². The molecule has 2 heterocycles. The first-order valence-corrected chi connectivity index (χ1v) is 15.6. The molecule has 0 spiro atoms. The summed E-state index contributed by atoms with van der Waals surface area (Å²) in [6.07, 6.45) is 0.334. The molecule has 0 bridgehead atoms. The van der Waals surface area contributed by atoms with Crippen molar-refractivity contribution in [2.75, 3.05) is 37.6 Å². The number of anilines is 1. The number of carbonyl (C=O) groups is 3. The maximum atomic E-state index is 14.2. The minimum atomic E-state index is -3.97. The Hall–Kier alpha value is -3.48. The van der Waals surface area contributed by atoms with E-state index in [-0.39, 0.29) is 17.2 Å². The average Bonchev–Trinajstić information content (AvgIpc) is 3.45. The van der Waals surface area contributed by atoms with Crippen molar-refractivity contribution >= 4 is 33.7 Å². The van der Waals surface area contributed by atoms with Crippen molar-refractivity contribution in [1.82, 2.24) is 14.5 Å². The van der Waals surface area contributed by atoms with E-state index in [0.717, 1.165) is 5.56 Å². The van der Waals surface area contributed by atoms with Crippen molar-refractivity contribution in [1.29, 1.82) is 0 Å². The van der Waals surface area contributed by atoms with Gasteiger partial charge in [-0.15, -0.1) is 0 Å². The van der Waals surface area contributed by atoms with Gasteiger partial charge in [0.15, 0.2) is 0 Å². The summed E-state index contributed by atoms with van der Waals surface area (Å²) in [7, 11) is -3.97. The third-order valence-corrected chi connectivity index (χ3v) is 9.11. The predicted molar refractivity (Wildman–Crippen MR) is 158 cm³/mol. The van der Waals surface area contributed by atoms with E-state index in [4.69, 9.17) is 9.47 Å². The number of amides is 2. The van der Waals surface area contributed by atoms with E-state index >= 15 is 0 Å². The molecule has 42 heavy (non-hydrogen) atoms. The zero-order valence-corrected chi connectivity index (χ0v) is 25.6. The van der Waals surface area contributed by atoms with Crippen LogP contribution in [0.4, 0.5) is 10.5 Å². The quantitative estimate of drug-likeness (QED) is 0.480. The van der Waals surface area contributed by atoms with Crippen molar-refractivity contribution in [3.8, 4) is 5.75 Å². The predicted octanol–water partition coefficient (Wildman–Crippen LogP) is 3.32. The maximum absolute atomic E-state index is 14.2. The molecule has 228 valence electrons. The molecule has 0 saturated carbocycles. The highest BCUT2D eigenvalue weighted by Gasteiger charge is 2.44. The number of nitrogens with zero attached hydrogens (tertiary/aromatic N) is 3. The van der Waals surface area contributed by atoms with Gasteiger partial charge in [-0.1, -0.05) is 17.7 Å². The largest absolute Gasteiger partial charge is 0.458 e. The van der Waals surface area contributed by atoms with Gasteiger partial charge in [-0.3, -0.25) is 9.69 Å². The molecule has 2 fully saturated rings. The first-order chi connectivity index (χ1) is 19.8. The van der Waals surface area contributed by atoms with Crippen molar-refractivity contribution in [2.45, 2.75) is 70.0 Å². The summed E-state index contributed by atoms with van der Waals surface area (Å²) in [5.74, 6) is -0.882. The van der Waals surface area contributed by atoms with Crippen LogP contribution in [0.1, 0.15) is 46.1 Å². The first kappa shape index (κ1) is 31.5. The second kappa shape index (κ2) is 12.8. The molecule has 2 aliphatic rings. The van der Waals surface area contributed by atoms with E-state index in [1.165, 1.54) is 21.3 Å². The number of nitrogens with one attached hydrogen (secondary N) is 1. The molecule has 2 aromatic carbocycles. The number of aryl methyl sites for hydroxylation is 1. The van der Waals surface area contributed by atoms with E-state index < -0.39 is 45.7 Å². The monoisotopic (exact) mass is 600 g/mol. The third kappa shape index (κ3) is 7.29. The lowest BCUT2D eigenvalue weighted by Crippen LogP contribution is -2.53. The lowest BCUT2D eigenvalue weighted by molar-refractivity contribution is -0.157. The van der Waals surface area contributed by atoms with Gasteiger partial charge < -0.3 is 19.7 Å². The SMILES string of the molecule is Cc1ccc(S(=O)(=O)N2CCC[C@H]2C(=O)N(c2ccc(OC(=O)N3CCNCC3)cc2)[C@@H](C)C(=O)OC(C)(C)C)cc1. The van der Waals surface area contributed by atoms with Gasteiger partial charge in [-0.25, -0.2) is 18.0 Å². The van der Waals surface area contributed by atoms with Crippen LogP contribution in [0.25, 0.3) is 0 Å². The summed E-state index contributed by atoms with van der Waals surface area (Å²) in [5, 5.41) is 3.18. The van der Waals surface area contributed by atoms with Gasteiger partial charge in [0.2, 0.25) is 15.9 Å². The Balaban J connectivity index is 1.62. The second-order valence-electron chi connectivity index (χ2n) is 11.6. The van der Waals surface area contributed by atoms with Crippen LogP contribution in [0.5, 0.6) is 5.75 Å². The molecular weight excluding hydrogens is 560 g/mol. The molecule has 0 aliphatic carbocycles. The smallest absolute Gasteiger partial charge is 0.415 e. The van der Waals surface area contributed by atoms with E-state index in [1.807, 2.05) is 6.92 Å². The van der Waals surface area contributed by atoms with Gasteiger partial charge in [-0.05, 0) is 83.9 Å². The number of rotatable bonds is 7. The molecule has 4 rings (SSSR count). The number of ether oxygens (including phenoxy) is 2. The normalized spacial score (nSPS) is 18.8. The van der Waals surface area contributed by atoms with Gasteiger partial charge in [0, 0.05) is 38.4 Å². The van der Waals surface area contributed by atoms with Crippen molar-refractivity contribution in [3.05, 3.63) is 54.1 Å². The van der Waals surface area contributed by atoms with Gasteiger partial charge in [0.25, 0.3) is 0 Å². The van der Waals surface area contributed by atoms with Gasteiger partial charge in [0.1, 0.15) is 23.4 Å². The molecule has 0 radical (unpaired) electrons. The van der Waals surface area contributed by atoms with Crippen LogP contribution in [0.15, 0.2) is 53.4 Å². The van der Waals surface area contributed by atoms with Crippen molar-refractivity contribution < 1.29 is 32.3 Å². The Bertz CT molecular complexity index is 1380. The Kier molecular flexibility index (Phi) is 9.59. The zero-order chi connectivity index (χ0) is 30.7. The summed E-state index contributed by atoms with van der Waals surface area (Å²) in [6.45, 7) is 11.3. The highest BCUT2D eigenvalue weighted by atomic mass is 32.2. The van der Waals surface area contributed by atoms with Crippen LogP contribution in [0.2, 0.25) is 0 Å². The number of hydrogen-bond donors (Lipinski definition) is 1. The molecule has 0 unspecified atom stereocenters. The molecule has 2 aliphatic heterocycles. The van der Waals surface area contributed by atoms with Crippen LogP contribution in [-0.2, 0) is 24.3 Å². The summed E-state index contributed by atoms with van der Waals surface area (Å²) >= 11 is 0. The molecule has 12 heteroatoms. The minimum absolute atomic E-state index is 0.107. The van der Waals surface area contributed by atoms with E-state index in [1.54, 1.807) is 69.0 Å². The number of piperazine rings is 1. The lowest BCUT2D eigenvalue weighted by Gasteiger charge is -2.34. The Morgan fingerprint density at radius 3 is 2.19 bits per heavy atom. The first-order valence-electron chi connectivity index (χ1n) is 14.2. The highest BCUT2D eigenvalue weighted by molar-refractivity contribution is 7.89. The van der Waals surface area contributed by atoms with E-state index in [9.17, 15) is 22.8 Å². The number of sulfonamides is 1. The fraction of sp³-hybridized carbons (Fsp3) is 0.500. The zero-order valence-electron chi connectivity index (χ0n) is 24.8. The second-order valence-corrected chi connectivity index (χ2v) is 13.5. The molecule has 2 aromatic rings.